The quantitative estimate of drug-likeness (QED) is 0.278. The molecule has 1 aromatic rings. The largest absolute Gasteiger partial charge is 0.512 e. The van der Waals surface area contributed by atoms with Gasteiger partial charge in [0.05, 0.1) is 16.8 Å². The highest BCUT2D eigenvalue weighted by molar-refractivity contribution is 7.89. The Bertz CT molecular complexity index is 1210. The number of hydrogen-bond acceptors (Lipinski definition) is 5. The van der Waals surface area contributed by atoms with Gasteiger partial charge in [-0.3, -0.25) is 0 Å². The minimum atomic E-state index is -3.95. The normalized spacial score (nSPS) is 21.7. The Kier molecular flexibility index (Phi) is 8.22. The molecule has 0 heterocycles. The minimum Gasteiger partial charge on any atom is -0.512 e. The smallest absolute Gasteiger partial charge is 0.240 e. The zero-order valence-electron chi connectivity index (χ0n) is 18.6. The van der Waals surface area contributed by atoms with Gasteiger partial charge in [-0.1, -0.05) is 18.7 Å². The van der Waals surface area contributed by atoms with Crippen LogP contribution in [0.5, 0.6) is 0 Å². The fourth-order valence-electron chi connectivity index (χ4n) is 3.90. The van der Waals surface area contributed by atoms with Gasteiger partial charge >= 0.3 is 0 Å². The third-order valence-electron chi connectivity index (χ3n) is 5.80. The maximum atomic E-state index is 14.0. The minimum absolute atomic E-state index is 0.0259. The molecule has 0 aliphatic heterocycles. The first kappa shape index (κ1) is 26.0. The fraction of sp³-hybridized carbons (Fsp3) is 0.333. The van der Waals surface area contributed by atoms with Crippen molar-refractivity contribution >= 4 is 27.2 Å². The van der Waals surface area contributed by atoms with Crippen LogP contribution in [0.15, 0.2) is 76.8 Å². The van der Waals surface area contributed by atoms with Crippen LogP contribution in [0.4, 0.5) is 8.78 Å². The van der Waals surface area contributed by atoms with Gasteiger partial charge < -0.3 is 15.5 Å². The molecule has 0 saturated carbocycles. The molecule has 2 unspecified atom stereocenters. The molecule has 0 bridgehead atoms. The summed E-state index contributed by atoms with van der Waals surface area (Å²) in [6.45, 7) is 5.52. The van der Waals surface area contributed by atoms with E-state index in [-0.39, 0.29) is 23.8 Å². The molecular weight excluding hydrogens is 486 g/mol. The second-order valence-corrected chi connectivity index (χ2v) is 10.6. The van der Waals surface area contributed by atoms with E-state index in [0.717, 1.165) is 17.2 Å². The number of halogens is 3. The summed E-state index contributed by atoms with van der Waals surface area (Å²) in [7, 11) is -3.95. The lowest BCUT2D eigenvalue weighted by Crippen LogP contribution is -2.34. The lowest BCUT2D eigenvalue weighted by molar-refractivity contribution is 0.352. The Balaban J connectivity index is 1.78. The van der Waals surface area contributed by atoms with Crippen LogP contribution in [-0.2, 0) is 10.0 Å². The SMILES string of the molecule is C=C(C1=CCC(NC2=C(F)C=C(F)CC2)CC1Cl)c1cc(S(=O)(=O)NC/C(O)=C/O)ccc1C. The molecule has 184 valence electrons. The molecule has 1 aromatic carbocycles. The van der Waals surface area contributed by atoms with Crippen molar-refractivity contribution in [3.05, 3.63) is 83.0 Å². The van der Waals surface area contributed by atoms with Crippen molar-refractivity contribution < 1.29 is 27.4 Å². The topological polar surface area (TPSA) is 98.7 Å². The van der Waals surface area contributed by atoms with E-state index >= 15 is 0 Å². The summed E-state index contributed by atoms with van der Waals surface area (Å²) in [6.07, 6.45) is 4.68. The van der Waals surface area contributed by atoms with Crippen molar-refractivity contribution in [1.29, 1.82) is 0 Å². The van der Waals surface area contributed by atoms with Gasteiger partial charge in [-0.15, -0.1) is 11.6 Å². The number of nitrogens with one attached hydrogen (secondary N) is 2. The maximum absolute atomic E-state index is 14.0. The van der Waals surface area contributed by atoms with E-state index in [1.807, 2.05) is 13.0 Å². The molecule has 6 nitrogen and oxygen atoms in total. The predicted molar refractivity (Wildman–Crippen MR) is 129 cm³/mol. The Hall–Kier alpha value is -2.62. The van der Waals surface area contributed by atoms with Crippen molar-refractivity contribution in [2.45, 2.75) is 48.9 Å². The van der Waals surface area contributed by atoms with Crippen molar-refractivity contribution in [1.82, 2.24) is 10.0 Å². The number of aliphatic hydroxyl groups is 2. The first-order valence-electron chi connectivity index (χ1n) is 10.7. The van der Waals surface area contributed by atoms with Crippen LogP contribution < -0.4 is 10.0 Å². The lowest BCUT2D eigenvalue weighted by atomic mass is 9.86. The number of hydrogen-bond donors (Lipinski definition) is 4. The highest BCUT2D eigenvalue weighted by Gasteiger charge is 2.27. The summed E-state index contributed by atoms with van der Waals surface area (Å²) in [5, 5.41) is 20.7. The molecular formula is C24H27ClF2N2O4S. The van der Waals surface area contributed by atoms with E-state index in [2.05, 4.69) is 16.6 Å². The third-order valence-corrected chi connectivity index (χ3v) is 7.61. The van der Waals surface area contributed by atoms with Gasteiger partial charge in [0.25, 0.3) is 0 Å². The number of rotatable bonds is 8. The second-order valence-electron chi connectivity index (χ2n) is 8.26. The summed E-state index contributed by atoms with van der Waals surface area (Å²) < 4.78 is 54.6. The van der Waals surface area contributed by atoms with Crippen molar-refractivity contribution in [2.75, 3.05) is 6.54 Å². The van der Waals surface area contributed by atoms with Gasteiger partial charge in [0.15, 0.2) is 0 Å². The van der Waals surface area contributed by atoms with Crippen LogP contribution in [0, 0.1) is 6.92 Å². The highest BCUT2D eigenvalue weighted by atomic mass is 35.5. The third kappa shape index (κ3) is 6.08. The van der Waals surface area contributed by atoms with Gasteiger partial charge in [0.1, 0.15) is 23.7 Å². The standard InChI is InChI=1S/C24H27ClF2N2O4S/c1-14-3-6-19(34(32,33)28-12-18(31)13-30)11-21(14)15(2)20-7-5-17(10-22(20)25)29-24-8-4-16(26)9-23(24)27/h3,6-7,9,11,13,17,22,28-31H,2,4-5,8,10,12H2,1H3/b18-13-. The molecule has 0 spiro atoms. The first-order chi connectivity index (χ1) is 16.0. The molecule has 0 fully saturated rings. The molecule has 2 atom stereocenters. The number of alkyl halides is 1. The van der Waals surface area contributed by atoms with E-state index in [0.29, 0.717) is 35.9 Å². The van der Waals surface area contributed by atoms with Gasteiger partial charge in [0.2, 0.25) is 10.0 Å². The molecule has 0 saturated heterocycles. The van der Waals surface area contributed by atoms with Gasteiger partial charge in [0, 0.05) is 24.2 Å². The van der Waals surface area contributed by atoms with E-state index in [4.69, 9.17) is 16.7 Å². The predicted octanol–water partition coefficient (Wildman–Crippen LogP) is 5.36. The number of benzene rings is 1. The summed E-state index contributed by atoms with van der Waals surface area (Å²) in [4.78, 5) is -0.0259. The summed E-state index contributed by atoms with van der Waals surface area (Å²) in [5.74, 6) is -1.60. The van der Waals surface area contributed by atoms with Crippen LogP contribution in [0.2, 0.25) is 0 Å². The number of sulfonamides is 1. The number of aryl methyl sites for hydroxylation is 1. The monoisotopic (exact) mass is 512 g/mol. The molecule has 34 heavy (non-hydrogen) atoms. The second kappa shape index (κ2) is 10.8. The zero-order chi connectivity index (χ0) is 25.0. The van der Waals surface area contributed by atoms with Crippen LogP contribution >= 0.6 is 11.6 Å². The molecule has 0 amide bonds. The Morgan fingerprint density at radius 1 is 1.32 bits per heavy atom. The van der Waals surface area contributed by atoms with E-state index in [9.17, 15) is 22.3 Å². The lowest BCUT2D eigenvalue weighted by Gasteiger charge is -2.30. The van der Waals surface area contributed by atoms with Crippen molar-refractivity contribution in [3.8, 4) is 0 Å². The highest BCUT2D eigenvalue weighted by Crippen LogP contribution is 2.36. The molecule has 4 N–H and O–H groups in total. The molecule has 10 heteroatoms. The van der Waals surface area contributed by atoms with Gasteiger partial charge in [-0.25, -0.2) is 21.9 Å². The van der Waals surface area contributed by atoms with Crippen LogP contribution in [-0.4, -0.2) is 36.6 Å². The van der Waals surface area contributed by atoms with E-state index in [1.54, 1.807) is 6.07 Å². The van der Waals surface area contributed by atoms with Crippen LogP contribution in [0.3, 0.4) is 0 Å². The maximum Gasteiger partial charge on any atom is 0.240 e. The van der Waals surface area contributed by atoms with Crippen LogP contribution in [0.25, 0.3) is 5.57 Å². The summed E-state index contributed by atoms with van der Waals surface area (Å²) >= 11 is 6.64. The zero-order valence-corrected chi connectivity index (χ0v) is 20.2. The average Bonchev–Trinajstić information content (AvgIpc) is 2.79. The van der Waals surface area contributed by atoms with E-state index < -0.39 is 39.4 Å². The molecule has 3 rings (SSSR count). The summed E-state index contributed by atoms with van der Waals surface area (Å²) in [5.41, 5.74) is 3.12. The molecule has 0 aromatic heterocycles. The Morgan fingerprint density at radius 3 is 2.71 bits per heavy atom. The molecule has 2 aliphatic rings. The Morgan fingerprint density at radius 2 is 2.06 bits per heavy atom. The average molecular weight is 513 g/mol. The molecule has 0 radical (unpaired) electrons. The fourth-order valence-corrected chi connectivity index (χ4v) is 5.36. The van der Waals surface area contributed by atoms with Gasteiger partial charge in [-0.05, 0) is 60.6 Å². The van der Waals surface area contributed by atoms with Crippen molar-refractivity contribution in [3.63, 3.8) is 0 Å². The van der Waals surface area contributed by atoms with Crippen molar-refractivity contribution in [2.24, 2.45) is 0 Å². The number of aliphatic hydroxyl groups excluding tert-OH is 2. The summed E-state index contributed by atoms with van der Waals surface area (Å²) in [6, 6.07) is 4.44. The van der Waals surface area contributed by atoms with Gasteiger partial charge in [-0.2, -0.15) is 0 Å². The van der Waals surface area contributed by atoms with Crippen LogP contribution in [0.1, 0.15) is 36.8 Å². The Labute approximate surface area is 203 Å². The first-order valence-corrected chi connectivity index (χ1v) is 12.6. The van der Waals surface area contributed by atoms with E-state index in [1.165, 1.54) is 12.1 Å². The number of allylic oxidation sites excluding steroid dienone is 6. The molecule has 2 aliphatic carbocycles.